The van der Waals surface area contributed by atoms with E-state index in [1.807, 2.05) is 38.1 Å². The van der Waals surface area contributed by atoms with Gasteiger partial charge in [-0.05, 0) is 43.7 Å². The van der Waals surface area contributed by atoms with Gasteiger partial charge in [0.25, 0.3) is 5.56 Å². The number of carbonyl (C=O) groups is 1. The highest BCUT2D eigenvalue weighted by atomic mass is 32.1. The molecule has 4 aromatic rings. The van der Waals surface area contributed by atoms with Gasteiger partial charge >= 0.3 is 0 Å². The summed E-state index contributed by atoms with van der Waals surface area (Å²) in [7, 11) is 3.06. The van der Waals surface area contributed by atoms with Crippen LogP contribution in [0.15, 0.2) is 53.6 Å². The van der Waals surface area contributed by atoms with Crippen molar-refractivity contribution in [3.63, 3.8) is 0 Å². The molecule has 34 heavy (non-hydrogen) atoms. The molecule has 2 aromatic carbocycles. The van der Waals surface area contributed by atoms with Crippen molar-refractivity contribution in [2.24, 2.45) is 0 Å². The minimum atomic E-state index is -0.356. The molecule has 9 heteroatoms. The van der Waals surface area contributed by atoms with Gasteiger partial charge in [0.1, 0.15) is 17.1 Å². The number of aromatic nitrogens is 2. The fraction of sp³-hybridized carbons (Fsp3) is 0.240. The lowest BCUT2D eigenvalue weighted by Crippen LogP contribution is -2.27. The lowest BCUT2D eigenvalue weighted by atomic mass is 10.0. The molecule has 0 unspecified atom stereocenters. The molecular weight excluding hydrogens is 454 g/mol. The van der Waals surface area contributed by atoms with Gasteiger partial charge in [0.15, 0.2) is 11.5 Å². The van der Waals surface area contributed by atoms with E-state index in [2.05, 4.69) is 10.3 Å². The number of hydrogen-bond donors (Lipinski definition) is 1. The number of nitrogens with one attached hydrogen (secondary N) is 1. The van der Waals surface area contributed by atoms with Crippen molar-refractivity contribution < 1.29 is 19.0 Å². The van der Waals surface area contributed by atoms with E-state index in [-0.39, 0.29) is 18.0 Å². The number of thiophene rings is 1. The first kappa shape index (κ1) is 23.3. The number of aryl methyl sites for hydroxylation is 1. The number of carbonyl (C=O) groups excluding carboxylic acids is 1. The van der Waals surface area contributed by atoms with Crippen molar-refractivity contribution in [1.29, 1.82) is 0 Å². The number of hydrogen-bond acceptors (Lipinski definition) is 7. The molecule has 0 spiro atoms. The summed E-state index contributed by atoms with van der Waals surface area (Å²) in [6.07, 6.45) is 1.41. The smallest absolute Gasteiger partial charge is 0.263 e. The second-order valence-electron chi connectivity index (χ2n) is 7.47. The molecule has 0 fully saturated rings. The molecule has 4 rings (SSSR count). The second kappa shape index (κ2) is 9.96. The summed E-state index contributed by atoms with van der Waals surface area (Å²) >= 11 is 1.46. The van der Waals surface area contributed by atoms with Crippen molar-refractivity contribution in [3.05, 3.63) is 64.0 Å². The Hall–Kier alpha value is -3.85. The van der Waals surface area contributed by atoms with E-state index < -0.39 is 0 Å². The first-order chi connectivity index (χ1) is 16.4. The number of nitrogens with zero attached hydrogens (tertiary/aromatic N) is 2. The first-order valence-corrected chi connectivity index (χ1v) is 11.5. The summed E-state index contributed by atoms with van der Waals surface area (Å²) < 4.78 is 17.3. The molecule has 0 radical (unpaired) electrons. The van der Waals surface area contributed by atoms with E-state index in [1.165, 1.54) is 29.3 Å². The molecule has 2 heterocycles. The maximum atomic E-state index is 13.4. The SMILES string of the molecule is CCOc1ccc(-c2c(C)sc3ncn(CC(=O)Nc4ccc(OC)c(OC)c4)c(=O)c23)cc1. The van der Waals surface area contributed by atoms with Gasteiger partial charge in [0.05, 0.1) is 32.5 Å². The van der Waals surface area contributed by atoms with Crippen molar-refractivity contribution in [1.82, 2.24) is 9.55 Å². The highest BCUT2D eigenvalue weighted by Crippen LogP contribution is 2.36. The number of benzene rings is 2. The fourth-order valence-electron chi connectivity index (χ4n) is 3.75. The summed E-state index contributed by atoms with van der Waals surface area (Å²) in [6.45, 7) is 4.30. The van der Waals surface area contributed by atoms with Gasteiger partial charge in [-0.15, -0.1) is 11.3 Å². The Morgan fingerprint density at radius 3 is 2.50 bits per heavy atom. The highest BCUT2D eigenvalue weighted by Gasteiger charge is 2.18. The minimum Gasteiger partial charge on any atom is -0.494 e. The van der Waals surface area contributed by atoms with Crippen LogP contribution >= 0.6 is 11.3 Å². The molecule has 2 aromatic heterocycles. The third-order valence-electron chi connectivity index (χ3n) is 5.29. The van der Waals surface area contributed by atoms with Gasteiger partial charge in [0, 0.05) is 22.2 Å². The molecule has 0 aliphatic carbocycles. The normalized spacial score (nSPS) is 10.8. The van der Waals surface area contributed by atoms with Crippen LogP contribution in [-0.4, -0.2) is 36.3 Å². The Morgan fingerprint density at radius 2 is 1.82 bits per heavy atom. The summed E-state index contributed by atoms with van der Waals surface area (Å²) in [6, 6.07) is 12.7. The van der Waals surface area contributed by atoms with E-state index >= 15 is 0 Å². The van der Waals surface area contributed by atoms with Crippen LogP contribution in [0.2, 0.25) is 0 Å². The summed E-state index contributed by atoms with van der Waals surface area (Å²) in [4.78, 5) is 32.1. The largest absolute Gasteiger partial charge is 0.494 e. The van der Waals surface area contributed by atoms with E-state index in [0.29, 0.717) is 34.0 Å². The molecular formula is C25H25N3O5S. The molecule has 0 saturated carbocycles. The average molecular weight is 480 g/mol. The number of methoxy groups -OCH3 is 2. The molecule has 0 atom stereocenters. The predicted molar refractivity (Wildman–Crippen MR) is 133 cm³/mol. The van der Waals surface area contributed by atoms with Gasteiger partial charge in [-0.25, -0.2) is 4.98 Å². The monoisotopic (exact) mass is 479 g/mol. The average Bonchev–Trinajstić information content (AvgIpc) is 3.18. The van der Waals surface area contributed by atoms with Crippen molar-refractivity contribution in [2.45, 2.75) is 20.4 Å². The lowest BCUT2D eigenvalue weighted by molar-refractivity contribution is -0.116. The predicted octanol–water partition coefficient (Wildman–Crippen LogP) is 4.49. The first-order valence-electron chi connectivity index (χ1n) is 10.7. The highest BCUT2D eigenvalue weighted by molar-refractivity contribution is 7.19. The number of amides is 1. The summed E-state index contributed by atoms with van der Waals surface area (Å²) in [5.74, 6) is 1.46. The summed E-state index contributed by atoms with van der Waals surface area (Å²) in [5, 5.41) is 3.30. The topological polar surface area (TPSA) is 91.7 Å². The number of ether oxygens (including phenoxy) is 3. The van der Waals surface area contributed by atoms with Crippen LogP contribution in [-0.2, 0) is 11.3 Å². The van der Waals surface area contributed by atoms with Gasteiger partial charge in [-0.2, -0.15) is 0 Å². The quantitative estimate of drug-likeness (QED) is 0.400. The summed E-state index contributed by atoms with van der Waals surface area (Å²) in [5.41, 5.74) is 2.00. The lowest BCUT2D eigenvalue weighted by Gasteiger charge is -2.11. The molecule has 0 aliphatic heterocycles. The van der Waals surface area contributed by atoms with Crippen molar-refractivity contribution in [2.75, 3.05) is 26.1 Å². The number of anilines is 1. The zero-order chi connectivity index (χ0) is 24.2. The Labute approximate surface area is 200 Å². The Kier molecular flexibility index (Phi) is 6.83. The van der Waals surface area contributed by atoms with Crippen molar-refractivity contribution >= 4 is 33.1 Å². The number of fused-ring (bicyclic) bond motifs is 1. The van der Waals surface area contributed by atoms with Gasteiger partial charge in [0.2, 0.25) is 5.91 Å². The third kappa shape index (κ3) is 4.60. The van der Waals surface area contributed by atoms with Gasteiger partial charge in [-0.1, -0.05) is 12.1 Å². The standard InChI is InChI=1S/C25H25N3O5S/c1-5-33-18-9-6-16(7-10-18)22-15(2)34-24-23(22)25(30)28(14-26-24)13-21(29)27-17-8-11-19(31-3)20(12-17)32-4/h6-12,14H,5,13H2,1-4H3,(H,27,29). The maximum absolute atomic E-state index is 13.4. The minimum absolute atomic E-state index is 0.173. The van der Waals surface area contributed by atoms with Crippen LogP contribution in [0.1, 0.15) is 11.8 Å². The van der Waals surface area contributed by atoms with E-state index in [9.17, 15) is 9.59 Å². The molecule has 1 amide bonds. The Balaban J connectivity index is 1.63. The van der Waals surface area contributed by atoms with Gasteiger partial charge < -0.3 is 19.5 Å². The van der Waals surface area contributed by atoms with Crippen LogP contribution in [0.3, 0.4) is 0 Å². The second-order valence-corrected chi connectivity index (χ2v) is 8.67. The van der Waals surface area contributed by atoms with Crippen LogP contribution < -0.4 is 25.1 Å². The van der Waals surface area contributed by atoms with E-state index in [0.717, 1.165) is 21.8 Å². The molecule has 176 valence electrons. The molecule has 0 aliphatic rings. The van der Waals surface area contributed by atoms with Crippen molar-refractivity contribution in [3.8, 4) is 28.4 Å². The third-order valence-corrected chi connectivity index (χ3v) is 6.30. The number of rotatable bonds is 8. The fourth-order valence-corrected chi connectivity index (χ4v) is 4.75. The van der Waals surface area contributed by atoms with Crippen LogP contribution in [0.4, 0.5) is 5.69 Å². The molecule has 8 nitrogen and oxygen atoms in total. The van der Waals surface area contributed by atoms with Gasteiger partial charge in [-0.3, -0.25) is 14.2 Å². The Morgan fingerprint density at radius 1 is 1.09 bits per heavy atom. The van der Waals surface area contributed by atoms with Crippen LogP contribution in [0.5, 0.6) is 17.2 Å². The maximum Gasteiger partial charge on any atom is 0.263 e. The molecule has 0 bridgehead atoms. The van der Waals surface area contributed by atoms with E-state index in [1.54, 1.807) is 25.3 Å². The van der Waals surface area contributed by atoms with Crippen LogP contribution in [0, 0.1) is 6.92 Å². The Bertz CT molecular complexity index is 1390. The van der Waals surface area contributed by atoms with E-state index in [4.69, 9.17) is 14.2 Å². The van der Waals surface area contributed by atoms with Crippen LogP contribution in [0.25, 0.3) is 21.3 Å². The zero-order valence-corrected chi connectivity index (χ0v) is 20.2. The molecule has 1 N–H and O–H groups in total. The zero-order valence-electron chi connectivity index (χ0n) is 19.4. The molecule has 0 saturated heterocycles.